The van der Waals surface area contributed by atoms with Crippen molar-refractivity contribution in [3.8, 4) is 0 Å². The molecule has 1 fully saturated rings. The van der Waals surface area contributed by atoms with Gasteiger partial charge in [-0.3, -0.25) is 4.79 Å². The van der Waals surface area contributed by atoms with Crippen LogP contribution in [0.4, 0.5) is 0 Å². The summed E-state index contributed by atoms with van der Waals surface area (Å²) in [5, 5.41) is 0. The van der Waals surface area contributed by atoms with E-state index in [1.54, 1.807) is 12.3 Å². The van der Waals surface area contributed by atoms with Crippen molar-refractivity contribution in [1.29, 1.82) is 0 Å². The third-order valence-electron chi connectivity index (χ3n) is 3.70. The minimum Gasteiger partial charge on any atom is -0.493 e. The van der Waals surface area contributed by atoms with Crippen molar-refractivity contribution < 1.29 is 23.7 Å². The van der Waals surface area contributed by atoms with Crippen LogP contribution in [0.3, 0.4) is 0 Å². The summed E-state index contributed by atoms with van der Waals surface area (Å²) in [4.78, 5) is 11.8. The van der Waals surface area contributed by atoms with Gasteiger partial charge in [-0.25, -0.2) is 0 Å². The first-order chi connectivity index (χ1) is 10.8. The van der Waals surface area contributed by atoms with Crippen molar-refractivity contribution in [1.82, 2.24) is 0 Å². The molecule has 0 saturated carbocycles. The van der Waals surface area contributed by atoms with Crippen LogP contribution in [0.1, 0.15) is 31.6 Å². The lowest BCUT2D eigenvalue weighted by Crippen LogP contribution is -2.50. The summed E-state index contributed by atoms with van der Waals surface area (Å²) in [6.07, 6.45) is 2.92. The highest BCUT2D eigenvalue weighted by atomic mass is 16.7. The molecular weight excluding hydrogens is 284 g/mol. The summed E-state index contributed by atoms with van der Waals surface area (Å²) in [6.45, 7) is 2.34. The first-order valence-corrected chi connectivity index (χ1v) is 7.61. The fourth-order valence-electron chi connectivity index (χ4n) is 2.59. The number of rotatable bonds is 4. The zero-order chi connectivity index (χ0) is 15.4. The second kappa shape index (κ2) is 6.94. The molecule has 0 bridgehead atoms. The second-order valence-corrected chi connectivity index (χ2v) is 5.38. The Morgan fingerprint density at radius 3 is 2.91 bits per heavy atom. The zero-order valence-electron chi connectivity index (χ0n) is 12.5. The predicted octanol–water partition coefficient (Wildman–Crippen LogP) is 2.73. The van der Waals surface area contributed by atoms with Crippen LogP contribution in [0, 0.1) is 0 Å². The number of carbonyl (C=O) groups is 1. The maximum Gasteiger partial charge on any atom is 0.306 e. The molecule has 2 aliphatic rings. The van der Waals surface area contributed by atoms with Crippen LogP contribution in [-0.4, -0.2) is 30.9 Å². The number of hydrogen-bond acceptors (Lipinski definition) is 5. The van der Waals surface area contributed by atoms with E-state index < -0.39 is 12.4 Å². The molecule has 5 heteroatoms. The molecule has 118 valence electrons. The van der Waals surface area contributed by atoms with Crippen molar-refractivity contribution in [2.24, 2.45) is 0 Å². The standard InChI is InChI=1S/C17H20O5/c1-2-6-15(18)21-13-9-10-19-14-11-20-17(22-16(13)14)12-7-4-3-5-8-12/h3-5,7-10,13-14,16-17H,2,6,11H2,1H3/t13-,14-,16+,17?/m1/s1. The van der Waals surface area contributed by atoms with E-state index in [-0.39, 0.29) is 18.2 Å². The van der Waals surface area contributed by atoms with Crippen LogP contribution in [0.2, 0.25) is 0 Å². The average Bonchev–Trinajstić information content (AvgIpc) is 2.56. The Hall–Kier alpha value is -1.85. The maximum absolute atomic E-state index is 11.8. The molecule has 5 nitrogen and oxygen atoms in total. The SMILES string of the molecule is CCCC(=O)O[C@@H]1C=CO[C@@H]2COC(c3ccccc3)O[C@@H]12. The van der Waals surface area contributed by atoms with Gasteiger partial charge in [-0.05, 0) is 12.5 Å². The molecule has 0 amide bonds. The largest absolute Gasteiger partial charge is 0.493 e. The van der Waals surface area contributed by atoms with Crippen molar-refractivity contribution in [3.63, 3.8) is 0 Å². The van der Waals surface area contributed by atoms with E-state index in [0.717, 1.165) is 12.0 Å². The highest BCUT2D eigenvalue weighted by Gasteiger charge is 2.41. The predicted molar refractivity (Wildman–Crippen MR) is 78.8 cm³/mol. The summed E-state index contributed by atoms with van der Waals surface area (Å²) in [7, 11) is 0. The molecule has 2 heterocycles. The Morgan fingerprint density at radius 2 is 2.14 bits per heavy atom. The molecule has 22 heavy (non-hydrogen) atoms. The summed E-state index contributed by atoms with van der Waals surface area (Å²) in [6, 6.07) is 9.70. The molecule has 0 N–H and O–H groups in total. The van der Waals surface area contributed by atoms with E-state index in [4.69, 9.17) is 18.9 Å². The van der Waals surface area contributed by atoms with Gasteiger partial charge in [-0.2, -0.15) is 0 Å². The molecule has 1 aromatic carbocycles. The summed E-state index contributed by atoms with van der Waals surface area (Å²) in [5.74, 6) is -0.218. The third kappa shape index (κ3) is 3.31. The van der Waals surface area contributed by atoms with E-state index in [1.165, 1.54) is 0 Å². The summed E-state index contributed by atoms with van der Waals surface area (Å²) < 4.78 is 22.7. The quantitative estimate of drug-likeness (QED) is 0.801. The molecule has 0 aliphatic carbocycles. The number of ether oxygens (including phenoxy) is 4. The third-order valence-corrected chi connectivity index (χ3v) is 3.70. The molecule has 1 aromatic rings. The Balaban J connectivity index is 1.70. The molecule has 3 rings (SSSR count). The molecule has 2 aliphatic heterocycles. The van der Waals surface area contributed by atoms with Gasteiger partial charge in [-0.15, -0.1) is 0 Å². The van der Waals surface area contributed by atoms with Gasteiger partial charge in [0, 0.05) is 12.0 Å². The van der Waals surface area contributed by atoms with Crippen molar-refractivity contribution >= 4 is 5.97 Å². The van der Waals surface area contributed by atoms with Gasteiger partial charge < -0.3 is 18.9 Å². The Bertz CT molecular complexity index is 527. The number of fused-ring (bicyclic) bond motifs is 1. The fraction of sp³-hybridized carbons (Fsp3) is 0.471. The van der Waals surface area contributed by atoms with E-state index >= 15 is 0 Å². The molecule has 0 aromatic heterocycles. The van der Waals surface area contributed by atoms with Crippen LogP contribution in [0.5, 0.6) is 0 Å². The first kappa shape index (κ1) is 15.1. The van der Waals surface area contributed by atoms with Crippen LogP contribution < -0.4 is 0 Å². The Kier molecular flexibility index (Phi) is 4.75. The van der Waals surface area contributed by atoms with Gasteiger partial charge in [0.1, 0.15) is 6.10 Å². The minimum atomic E-state index is -0.468. The fourth-order valence-corrected chi connectivity index (χ4v) is 2.59. The minimum absolute atomic E-state index is 0.218. The van der Waals surface area contributed by atoms with Crippen LogP contribution >= 0.6 is 0 Å². The monoisotopic (exact) mass is 304 g/mol. The molecule has 1 saturated heterocycles. The Morgan fingerprint density at radius 1 is 1.32 bits per heavy atom. The van der Waals surface area contributed by atoms with Crippen LogP contribution in [0.15, 0.2) is 42.7 Å². The molecule has 0 radical (unpaired) electrons. The van der Waals surface area contributed by atoms with E-state index in [1.807, 2.05) is 37.3 Å². The zero-order valence-corrected chi connectivity index (χ0v) is 12.5. The topological polar surface area (TPSA) is 54.0 Å². The highest BCUT2D eigenvalue weighted by molar-refractivity contribution is 5.69. The second-order valence-electron chi connectivity index (χ2n) is 5.38. The smallest absolute Gasteiger partial charge is 0.306 e. The Labute approximate surface area is 129 Å². The summed E-state index contributed by atoms with van der Waals surface area (Å²) >= 11 is 0. The van der Waals surface area contributed by atoms with Gasteiger partial charge in [-0.1, -0.05) is 37.3 Å². The van der Waals surface area contributed by atoms with Gasteiger partial charge in [0.25, 0.3) is 0 Å². The number of carbonyl (C=O) groups excluding carboxylic acids is 1. The molecule has 0 spiro atoms. The van der Waals surface area contributed by atoms with E-state index in [9.17, 15) is 4.79 Å². The number of hydrogen-bond donors (Lipinski definition) is 0. The highest BCUT2D eigenvalue weighted by Crippen LogP contribution is 2.32. The van der Waals surface area contributed by atoms with Crippen LogP contribution in [-0.2, 0) is 23.7 Å². The van der Waals surface area contributed by atoms with Gasteiger partial charge in [0.05, 0.1) is 12.9 Å². The average molecular weight is 304 g/mol. The van der Waals surface area contributed by atoms with Crippen molar-refractivity contribution in [3.05, 3.63) is 48.2 Å². The van der Waals surface area contributed by atoms with E-state index in [2.05, 4.69) is 0 Å². The lowest BCUT2D eigenvalue weighted by Gasteiger charge is -2.40. The van der Waals surface area contributed by atoms with Gasteiger partial charge >= 0.3 is 5.97 Å². The summed E-state index contributed by atoms with van der Waals surface area (Å²) in [5.41, 5.74) is 0.939. The first-order valence-electron chi connectivity index (χ1n) is 7.61. The normalized spacial score (nSPS) is 30.2. The van der Waals surface area contributed by atoms with Crippen LogP contribution in [0.25, 0.3) is 0 Å². The number of esters is 1. The number of benzene rings is 1. The van der Waals surface area contributed by atoms with Crippen molar-refractivity contribution in [2.45, 2.75) is 44.4 Å². The molecule has 1 unspecified atom stereocenters. The maximum atomic E-state index is 11.8. The lowest BCUT2D eigenvalue weighted by molar-refractivity contribution is -0.278. The molecular formula is C17H20O5. The van der Waals surface area contributed by atoms with Gasteiger partial charge in [0.15, 0.2) is 18.5 Å². The van der Waals surface area contributed by atoms with Crippen molar-refractivity contribution in [2.75, 3.05) is 6.61 Å². The van der Waals surface area contributed by atoms with E-state index in [0.29, 0.717) is 13.0 Å². The molecule has 4 atom stereocenters. The lowest BCUT2D eigenvalue weighted by atomic mass is 10.0. The van der Waals surface area contributed by atoms with Gasteiger partial charge in [0.2, 0.25) is 0 Å².